The zero-order chi connectivity index (χ0) is 30.3. The zero-order valence-electron chi connectivity index (χ0n) is 23.1. The Labute approximate surface area is 242 Å². The molecule has 4 N–H and O–H groups in total. The van der Waals surface area contributed by atoms with Gasteiger partial charge < -0.3 is 25.1 Å². The number of esters is 2. The van der Waals surface area contributed by atoms with Crippen LogP contribution in [0.25, 0.3) is 0 Å². The molecule has 0 saturated carbocycles. The number of H-pyrrole nitrogens is 1. The van der Waals surface area contributed by atoms with Gasteiger partial charge in [-0.2, -0.15) is 0 Å². The molecule has 1 aliphatic rings. The summed E-state index contributed by atoms with van der Waals surface area (Å²) in [6.07, 6.45) is -2.51. The van der Waals surface area contributed by atoms with Crippen LogP contribution in [-0.2, 0) is 40.1 Å². The van der Waals surface area contributed by atoms with Gasteiger partial charge in [-0.3, -0.25) is 28.5 Å². The SMILES string of the molecule is CC(C)OC(=O)C(N)CCC(C)C(=O)OC1C(CO[P+](=S)Oc2ccccc2)OC(n2ccc(=O)[nH]c2=O)C1(C)O. The number of carbonyl (C=O) groups excluding carboxylic acids is 2. The molecule has 1 aromatic carbocycles. The number of benzene rings is 1. The van der Waals surface area contributed by atoms with E-state index in [9.17, 15) is 24.3 Å². The topological polar surface area (TPSA) is 181 Å². The van der Waals surface area contributed by atoms with Crippen LogP contribution in [0.3, 0.4) is 0 Å². The fourth-order valence-corrected chi connectivity index (χ4v) is 5.18. The second-order valence-electron chi connectivity index (χ2n) is 10.1. The van der Waals surface area contributed by atoms with E-state index < -0.39 is 66.3 Å². The van der Waals surface area contributed by atoms with Crippen LogP contribution in [0.4, 0.5) is 0 Å². The molecule has 7 atom stereocenters. The first kappa shape index (κ1) is 32.5. The van der Waals surface area contributed by atoms with Gasteiger partial charge in [-0.1, -0.05) is 25.1 Å². The molecule has 7 unspecified atom stereocenters. The number of hydrogen-bond acceptors (Lipinski definition) is 12. The molecule has 15 heteroatoms. The Balaban J connectivity index is 1.74. The number of nitrogens with two attached hydrogens (primary N) is 1. The Bertz CT molecular complexity index is 1330. The summed E-state index contributed by atoms with van der Waals surface area (Å²) in [6.45, 7) is 6.10. The Hall–Kier alpha value is -3.00. The number of hydrogen-bond donors (Lipinski definition) is 3. The number of nitrogens with one attached hydrogen (secondary N) is 1. The Kier molecular flexibility index (Phi) is 11.3. The Morgan fingerprint density at radius 2 is 1.85 bits per heavy atom. The van der Waals surface area contributed by atoms with Crippen LogP contribution in [0.1, 0.15) is 46.8 Å². The van der Waals surface area contributed by atoms with Gasteiger partial charge in [0.05, 0.1) is 12.0 Å². The summed E-state index contributed by atoms with van der Waals surface area (Å²) in [5.41, 5.74) is 2.49. The van der Waals surface area contributed by atoms with Crippen LogP contribution < -0.4 is 21.5 Å². The van der Waals surface area contributed by atoms with E-state index in [1.807, 2.05) is 6.07 Å². The van der Waals surface area contributed by atoms with Crippen LogP contribution >= 0.6 is 7.15 Å². The second-order valence-corrected chi connectivity index (χ2v) is 11.9. The number of aromatic nitrogens is 2. The minimum Gasteiger partial charge on any atom is -0.462 e. The van der Waals surface area contributed by atoms with Crippen molar-refractivity contribution in [2.24, 2.45) is 11.7 Å². The van der Waals surface area contributed by atoms with E-state index in [-0.39, 0.29) is 25.6 Å². The van der Waals surface area contributed by atoms with E-state index in [1.165, 1.54) is 13.1 Å². The number of para-hydroxylation sites is 1. The third-order valence-electron chi connectivity index (χ3n) is 6.30. The molecule has 1 aromatic heterocycles. The van der Waals surface area contributed by atoms with Crippen molar-refractivity contribution in [3.05, 3.63) is 63.4 Å². The standard InChI is InChI=1S/C26H34N3O10PS/c1-15(2)36-23(32)18(27)11-10-16(3)22(31)38-21-19(14-35-40(41)39-17-8-6-5-7-9-17)37-24(26(21,4)34)29-13-12-20(30)28-25(29)33/h5-9,12-13,15-16,18-19,21,24,34H,10-11,14,27H2,1-4H3/p+1. The maximum absolute atomic E-state index is 13.1. The van der Waals surface area contributed by atoms with Crippen LogP contribution in [-0.4, -0.2) is 63.2 Å². The van der Waals surface area contributed by atoms with E-state index >= 15 is 0 Å². The minimum atomic E-state index is -1.94. The highest BCUT2D eigenvalue weighted by molar-refractivity contribution is 8.00. The fourth-order valence-electron chi connectivity index (χ4n) is 4.13. The molecule has 3 rings (SSSR count). The minimum absolute atomic E-state index is 0.165. The highest BCUT2D eigenvalue weighted by Crippen LogP contribution is 2.41. The van der Waals surface area contributed by atoms with Gasteiger partial charge in [0.15, 0.2) is 18.1 Å². The monoisotopic (exact) mass is 612 g/mol. The molecule has 0 spiro atoms. The lowest BCUT2D eigenvalue weighted by Crippen LogP contribution is -2.49. The van der Waals surface area contributed by atoms with Crippen molar-refractivity contribution in [1.29, 1.82) is 0 Å². The lowest BCUT2D eigenvalue weighted by atomic mass is 9.95. The average Bonchev–Trinajstić information content (AvgIpc) is 3.15. The summed E-state index contributed by atoms with van der Waals surface area (Å²) >= 11 is 5.29. The smallest absolute Gasteiger partial charge is 0.462 e. The van der Waals surface area contributed by atoms with Crippen LogP contribution in [0.15, 0.2) is 52.2 Å². The van der Waals surface area contributed by atoms with Gasteiger partial charge in [0.1, 0.15) is 24.4 Å². The van der Waals surface area contributed by atoms with Gasteiger partial charge in [-0.05, 0) is 45.7 Å². The number of ether oxygens (including phenoxy) is 3. The number of aliphatic hydroxyl groups is 1. The maximum Gasteiger partial charge on any atom is 0.573 e. The van der Waals surface area contributed by atoms with Gasteiger partial charge in [0.25, 0.3) is 5.56 Å². The predicted molar refractivity (Wildman–Crippen MR) is 151 cm³/mol. The van der Waals surface area contributed by atoms with Crippen molar-refractivity contribution in [3.8, 4) is 5.75 Å². The number of nitrogens with zero attached hydrogens (tertiary/aromatic N) is 1. The molecule has 1 aliphatic heterocycles. The zero-order valence-corrected chi connectivity index (χ0v) is 24.8. The lowest BCUT2D eigenvalue weighted by Gasteiger charge is -2.30. The lowest BCUT2D eigenvalue weighted by molar-refractivity contribution is -0.168. The highest BCUT2D eigenvalue weighted by atomic mass is 32.4. The van der Waals surface area contributed by atoms with Crippen LogP contribution in [0.5, 0.6) is 5.75 Å². The second kappa shape index (κ2) is 14.3. The summed E-state index contributed by atoms with van der Waals surface area (Å²) in [7, 11) is -1.85. The summed E-state index contributed by atoms with van der Waals surface area (Å²) in [4.78, 5) is 51.3. The van der Waals surface area contributed by atoms with E-state index in [0.717, 1.165) is 10.6 Å². The molecule has 0 bridgehead atoms. The summed E-state index contributed by atoms with van der Waals surface area (Å²) in [5.74, 6) is -1.48. The molecule has 41 heavy (non-hydrogen) atoms. The third-order valence-corrected chi connectivity index (χ3v) is 7.56. The Morgan fingerprint density at radius 1 is 1.17 bits per heavy atom. The van der Waals surface area contributed by atoms with Crippen molar-refractivity contribution in [2.75, 3.05) is 6.61 Å². The molecule has 2 aromatic rings. The fraction of sp³-hybridized carbons (Fsp3) is 0.538. The molecule has 13 nitrogen and oxygen atoms in total. The van der Waals surface area contributed by atoms with Crippen molar-refractivity contribution in [3.63, 3.8) is 0 Å². The van der Waals surface area contributed by atoms with Crippen LogP contribution in [0.2, 0.25) is 0 Å². The van der Waals surface area contributed by atoms with E-state index in [0.29, 0.717) is 5.75 Å². The van der Waals surface area contributed by atoms with Crippen LogP contribution in [0, 0.1) is 5.92 Å². The normalized spacial score (nSPS) is 24.0. The summed E-state index contributed by atoms with van der Waals surface area (Å²) in [5, 5.41) is 11.5. The molecular weight excluding hydrogens is 577 g/mol. The van der Waals surface area contributed by atoms with E-state index in [4.69, 9.17) is 40.8 Å². The molecular formula is C26H35N3O10PS+. The highest BCUT2D eigenvalue weighted by Gasteiger charge is 2.57. The van der Waals surface area contributed by atoms with Gasteiger partial charge in [-0.15, -0.1) is 4.52 Å². The third kappa shape index (κ3) is 8.74. The molecule has 0 aliphatic carbocycles. The van der Waals surface area contributed by atoms with Crippen molar-refractivity contribution in [1.82, 2.24) is 9.55 Å². The van der Waals surface area contributed by atoms with Gasteiger partial charge in [0.2, 0.25) is 11.8 Å². The average molecular weight is 613 g/mol. The largest absolute Gasteiger partial charge is 0.573 e. The molecule has 224 valence electrons. The molecule has 0 radical (unpaired) electrons. The quantitative estimate of drug-likeness (QED) is 0.220. The van der Waals surface area contributed by atoms with E-state index in [2.05, 4.69) is 4.98 Å². The first-order valence-corrected chi connectivity index (χ1v) is 15.2. The van der Waals surface area contributed by atoms with Crippen molar-refractivity contribution < 1.29 is 38.0 Å². The van der Waals surface area contributed by atoms with Crippen molar-refractivity contribution in [2.45, 2.75) is 76.7 Å². The van der Waals surface area contributed by atoms with E-state index in [1.54, 1.807) is 45.0 Å². The van der Waals surface area contributed by atoms with Crippen molar-refractivity contribution >= 4 is 30.9 Å². The number of carbonyl (C=O) groups is 2. The molecule has 1 fully saturated rings. The number of aromatic amines is 1. The first-order chi connectivity index (χ1) is 19.3. The summed E-state index contributed by atoms with van der Waals surface area (Å²) in [6, 6.07) is 8.96. The molecule has 2 heterocycles. The predicted octanol–water partition coefficient (Wildman–Crippen LogP) is 1.66. The first-order valence-electron chi connectivity index (χ1n) is 13.0. The summed E-state index contributed by atoms with van der Waals surface area (Å²) < 4.78 is 29.1. The number of rotatable bonds is 13. The molecule has 0 amide bonds. The Morgan fingerprint density at radius 3 is 2.49 bits per heavy atom. The van der Waals surface area contributed by atoms with Gasteiger partial charge in [-0.25, -0.2) is 4.79 Å². The molecule has 1 saturated heterocycles. The van der Waals surface area contributed by atoms with Gasteiger partial charge >= 0.3 is 24.8 Å². The van der Waals surface area contributed by atoms with Gasteiger partial charge in [0, 0.05) is 12.3 Å². The maximum atomic E-state index is 13.1.